The number of rotatable bonds is 6. The van der Waals surface area contributed by atoms with E-state index in [-0.39, 0.29) is 17.7 Å². The summed E-state index contributed by atoms with van der Waals surface area (Å²) in [6.45, 7) is 8.52. The molecule has 0 spiro atoms. The Hall–Kier alpha value is -3.66. The number of aliphatic hydroxyl groups excluding tert-OH is 1. The molecule has 3 aromatic rings. The van der Waals surface area contributed by atoms with Crippen molar-refractivity contribution in [3.63, 3.8) is 0 Å². The van der Waals surface area contributed by atoms with Crippen molar-refractivity contribution in [2.45, 2.75) is 33.0 Å². The van der Waals surface area contributed by atoms with E-state index in [1.807, 2.05) is 19.9 Å². The highest BCUT2D eigenvalue weighted by Gasteiger charge is 2.32. The van der Waals surface area contributed by atoms with E-state index < -0.39 is 23.5 Å². The van der Waals surface area contributed by atoms with Gasteiger partial charge in [-0.2, -0.15) is 13.2 Å². The first kappa shape index (κ1) is 24.0. The fraction of sp³-hybridized carbons (Fsp3) is 0.261. The largest absolute Gasteiger partial charge is 0.433 e. The zero-order valence-corrected chi connectivity index (χ0v) is 18.3. The smallest absolute Gasteiger partial charge is 0.394 e. The Balaban J connectivity index is 2.37. The summed E-state index contributed by atoms with van der Waals surface area (Å²) in [7, 11) is 0. The Morgan fingerprint density at radius 3 is 2.61 bits per heavy atom. The molecule has 0 radical (unpaired) electrons. The average molecular weight is 457 g/mol. The third-order valence-electron chi connectivity index (χ3n) is 5.19. The van der Waals surface area contributed by atoms with E-state index in [0.717, 1.165) is 17.8 Å². The van der Waals surface area contributed by atoms with Crippen molar-refractivity contribution >= 4 is 23.2 Å². The van der Waals surface area contributed by atoms with Crippen LogP contribution in [0.1, 0.15) is 38.2 Å². The zero-order chi connectivity index (χ0) is 24.3. The summed E-state index contributed by atoms with van der Waals surface area (Å²) < 4.78 is 40.1. The van der Waals surface area contributed by atoms with Gasteiger partial charge in [-0.05, 0) is 51.3 Å². The van der Waals surface area contributed by atoms with Crippen molar-refractivity contribution < 1.29 is 18.3 Å². The van der Waals surface area contributed by atoms with Gasteiger partial charge in [-0.15, -0.1) is 0 Å². The van der Waals surface area contributed by atoms with Crippen molar-refractivity contribution in [3.05, 3.63) is 70.3 Å². The predicted octanol–water partition coefficient (Wildman–Crippen LogP) is 4.43. The summed E-state index contributed by atoms with van der Waals surface area (Å²) >= 11 is 0. The first-order chi connectivity index (χ1) is 15.6. The molecule has 33 heavy (non-hydrogen) atoms. The maximum absolute atomic E-state index is 13.2. The van der Waals surface area contributed by atoms with Crippen LogP contribution in [0.2, 0.25) is 0 Å². The molecule has 10 heteroatoms. The minimum absolute atomic E-state index is 0.191. The number of nitrogens with zero attached hydrogens (tertiary/aromatic N) is 5. The molecule has 0 bridgehead atoms. The highest BCUT2D eigenvalue weighted by Crippen LogP contribution is 2.32. The molecule has 0 aliphatic rings. The summed E-state index contributed by atoms with van der Waals surface area (Å²) in [6.07, 6.45) is 1.12. The van der Waals surface area contributed by atoms with Crippen LogP contribution in [0.4, 0.5) is 13.2 Å². The van der Waals surface area contributed by atoms with Crippen molar-refractivity contribution in [3.8, 4) is 11.3 Å². The van der Waals surface area contributed by atoms with Gasteiger partial charge in [0.05, 0.1) is 35.8 Å². The molecule has 3 rings (SSSR count). The topological polar surface area (TPSA) is 93.3 Å². The molecule has 0 fully saturated rings. The molecular formula is C23H22F3N5O2. The molecule has 1 N–H and O–H groups in total. The number of hydrogen-bond donors (Lipinski definition) is 1. The number of hydrogen-bond acceptors (Lipinski definition) is 6. The van der Waals surface area contributed by atoms with Gasteiger partial charge in [0.25, 0.3) is 5.56 Å². The van der Waals surface area contributed by atoms with Crippen molar-refractivity contribution in [2.75, 3.05) is 6.61 Å². The van der Waals surface area contributed by atoms with Crippen LogP contribution >= 0.6 is 0 Å². The Kier molecular flexibility index (Phi) is 6.87. The first-order valence-corrected chi connectivity index (χ1v) is 9.98. The Morgan fingerprint density at radius 1 is 1.33 bits per heavy atom. The van der Waals surface area contributed by atoms with Crippen molar-refractivity contribution in [1.82, 2.24) is 19.5 Å². The van der Waals surface area contributed by atoms with Crippen LogP contribution in [0.25, 0.3) is 27.7 Å². The van der Waals surface area contributed by atoms with Gasteiger partial charge in [0, 0.05) is 23.5 Å². The van der Waals surface area contributed by atoms with Gasteiger partial charge in [-0.25, -0.2) is 9.97 Å². The van der Waals surface area contributed by atoms with Gasteiger partial charge in [0.1, 0.15) is 11.2 Å². The van der Waals surface area contributed by atoms with E-state index >= 15 is 0 Å². The fourth-order valence-electron chi connectivity index (χ4n) is 3.19. The summed E-state index contributed by atoms with van der Waals surface area (Å²) in [5, 5.41) is 9.68. The van der Waals surface area contributed by atoms with Crippen LogP contribution in [0.5, 0.6) is 0 Å². The van der Waals surface area contributed by atoms with Crippen LogP contribution in [0.15, 0.2) is 58.4 Å². The third kappa shape index (κ3) is 4.75. The molecule has 0 aromatic carbocycles. The minimum Gasteiger partial charge on any atom is -0.394 e. The molecule has 3 heterocycles. The summed E-state index contributed by atoms with van der Waals surface area (Å²) in [6, 6.07) is 3.04. The Morgan fingerprint density at radius 2 is 2.06 bits per heavy atom. The molecule has 3 aromatic heterocycles. The van der Waals surface area contributed by atoms with Gasteiger partial charge in [0.15, 0.2) is 0 Å². The lowest BCUT2D eigenvalue weighted by molar-refractivity contribution is -0.141. The number of halogens is 3. The fourth-order valence-corrected chi connectivity index (χ4v) is 3.19. The van der Waals surface area contributed by atoms with Gasteiger partial charge >= 0.3 is 6.18 Å². The van der Waals surface area contributed by atoms with E-state index in [4.69, 9.17) is 0 Å². The summed E-state index contributed by atoms with van der Waals surface area (Å²) in [5.74, 6) is 0. The minimum atomic E-state index is -4.58. The average Bonchev–Trinajstić information content (AvgIpc) is 2.81. The molecule has 1 atom stereocenters. The molecule has 0 unspecified atom stereocenters. The molecule has 7 nitrogen and oxygen atoms in total. The van der Waals surface area contributed by atoms with E-state index in [2.05, 4.69) is 26.7 Å². The first-order valence-electron chi connectivity index (χ1n) is 9.98. The van der Waals surface area contributed by atoms with Crippen LogP contribution in [-0.4, -0.2) is 37.9 Å². The SMILES string of the molecule is C=N/C=C(\C(C)=C/C)c1nc(-c2ccc(C(F)(F)F)nc2)cc2c(=O)n([C@@H](C)CO)cnc12. The maximum atomic E-state index is 13.2. The highest BCUT2D eigenvalue weighted by molar-refractivity contribution is 5.94. The van der Waals surface area contributed by atoms with E-state index in [9.17, 15) is 23.1 Å². The normalized spacial score (nSPS) is 13.9. The molecular weight excluding hydrogens is 435 g/mol. The molecule has 172 valence electrons. The lowest BCUT2D eigenvalue weighted by atomic mass is 10.0. The number of fused-ring (bicyclic) bond motifs is 1. The number of aliphatic imine (C=N–C) groups is 1. The lowest BCUT2D eigenvalue weighted by Crippen LogP contribution is -2.26. The second kappa shape index (κ2) is 9.45. The zero-order valence-electron chi connectivity index (χ0n) is 18.3. The highest BCUT2D eigenvalue weighted by atomic mass is 19.4. The molecule has 0 amide bonds. The van der Waals surface area contributed by atoms with Gasteiger partial charge in [-0.1, -0.05) is 6.08 Å². The standard InChI is InChI=1S/C23H22F3N5O2/c1-5-13(2)17(10-27-4)21-20-16(22(33)31(12-29-20)14(3)11-32)8-18(30-21)15-6-7-19(28-9-15)23(24,25)26/h5-10,12,14,32H,4,11H2,1-3H3/b13-5-,17-10+/t14-/m0/s1. The van der Waals surface area contributed by atoms with Crippen LogP contribution in [0.3, 0.4) is 0 Å². The van der Waals surface area contributed by atoms with E-state index in [1.165, 1.54) is 29.2 Å². The number of aromatic nitrogens is 4. The summed E-state index contributed by atoms with van der Waals surface area (Å²) in [4.78, 5) is 29.6. The number of aliphatic hydroxyl groups is 1. The van der Waals surface area contributed by atoms with Crippen LogP contribution < -0.4 is 5.56 Å². The predicted molar refractivity (Wildman–Crippen MR) is 121 cm³/mol. The second-order valence-corrected chi connectivity index (χ2v) is 7.37. The van der Waals surface area contributed by atoms with Crippen molar-refractivity contribution in [1.29, 1.82) is 0 Å². The van der Waals surface area contributed by atoms with E-state index in [1.54, 1.807) is 6.92 Å². The third-order valence-corrected chi connectivity index (χ3v) is 5.19. The Bertz CT molecular complexity index is 1310. The molecule has 0 aliphatic carbocycles. The van der Waals surface area contributed by atoms with Crippen molar-refractivity contribution in [2.24, 2.45) is 4.99 Å². The van der Waals surface area contributed by atoms with E-state index in [0.29, 0.717) is 22.3 Å². The molecule has 0 saturated carbocycles. The maximum Gasteiger partial charge on any atom is 0.433 e. The summed E-state index contributed by atoms with van der Waals surface area (Å²) in [5.41, 5.74) is 1.04. The van der Waals surface area contributed by atoms with Gasteiger partial charge < -0.3 is 5.11 Å². The van der Waals surface area contributed by atoms with Gasteiger partial charge in [0.2, 0.25) is 0 Å². The number of allylic oxidation sites excluding steroid dienone is 3. The second-order valence-electron chi connectivity index (χ2n) is 7.37. The van der Waals surface area contributed by atoms with Crippen LogP contribution in [-0.2, 0) is 6.18 Å². The molecule has 0 saturated heterocycles. The Labute approximate surface area is 187 Å². The quantitative estimate of drug-likeness (QED) is 0.437. The van der Waals surface area contributed by atoms with Crippen LogP contribution in [0, 0.1) is 0 Å². The number of alkyl halides is 3. The molecule has 0 aliphatic heterocycles. The lowest BCUT2D eigenvalue weighted by Gasteiger charge is -2.16. The number of pyridine rings is 2. The van der Waals surface area contributed by atoms with Gasteiger partial charge in [-0.3, -0.25) is 19.3 Å². The monoisotopic (exact) mass is 457 g/mol.